The quantitative estimate of drug-likeness (QED) is 0.640. The average Bonchev–Trinajstić information content (AvgIpc) is 3.33. The fourth-order valence-corrected chi connectivity index (χ4v) is 5.64. The van der Waals surface area contributed by atoms with Crippen LogP contribution in [0.4, 0.5) is 5.69 Å². The van der Waals surface area contributed by atoms with Crippen LogP contribution in [0.2, 0.25) is 0 Å². The van der Waals surface area contributed by atoms with Crippen LogP contribution in [0.15, 0.2) is 34.8 Å². The number of hydrogen-bond acceptors (Lipinski definition) is 3. The van der Waals surface area contributed by atoms with Gasteiger partial charge in [0.05, 0.1) is 18.5 Å². The molecule has 1 aromatic carbocycles. The van der Waals surface area contributed by atoms with Gasteiger partial charge in [0.2, 0.25) is 11.8 Å². The maximum absolute atomic E-state index is 12.9. The van der Waals surface area contributed by atoms with Crippen LogP contribution < -0.4 is 5.32 Å². The molecule has 1 aromatic rings. The first-order chi connectivity index (χ1) is 11.6. The molecule has 1 heterocycles. The molecular weight excluding hydrogens is 368 g/mol. The van der Waals surface area contributed by atoms with Crippen LogP contribution in [-0.4, -0.2) is 23.4 Å². The Morgan fingerprint density at radius 3 is 2.33 bits per heavy atom. The van der Waals surface area contributed by atoms with Crippen molar-refractivity contribution in [3.63, 3.8) is 0 Å². The van der Waals surface area contributed by atoms with Crippen molar-refractivity contribution in [3.8, 4) is 0 Å². The summed E-state index contributed by atoms with van der Waals surface area (Å²) in [6.07, 6.45) is 5.62. The molecule has 6 rings (SSSR count). The van der Waals surface area contributed by atoms with Crippen LogP contribution in [-0.2, 0) is 9.59 Å². The molecule has 2 bridgehead atoms. The Morgan fingerprint density at radius 1 is 1.12 bits per heavy atom. The van der Waals surface area contributed by atoms with Gasteiger partial charge in [-0.05, 0) is 60.8 Å². The molecule has 1 aliphatic heterocycles. The second-order valence-corrected chi connectivity index (χ2v) is 8.47. The maximum Gasteiger partial charge on any atom is 0.235 e. The number of imide groups is 1. The van der Waals surface area contributed by atoms with Gasteiger partial charge in [0.1, 0.15) is 0 Å². The number of carbonyl (C=O) groups is 2. The van der Waals surface area contributed by atoms with Crippen molar-refractivity contribution in [2.75, 3.05) is 12.0 Å². The van der Waals surface area contributed by atoms with Crippen molar-refractivity contribution < 1.29 is 9.59 Å². The highest BCUT2D eigenvalue weighted by Gasteiger charge is 2.66. The van der Waals surface area contributed by atoms with Crippen molar-refractivity contribution in [2.45, 2.75) is 13.3 Å². The minimum absolute atomic E-state index is 0.0250. The summed E-state index contributed by atoms with van der Waals surface area (Å²) in [5.41, 5.74) is 2.04. The number of halogens is 1. The molecule has 6 atom stereocenters. The van der Waals surface area contributed by atoms with Gasteiger partial charge >= 0.3 is 0 Å². The van der Waals surface area contributed by atoms with E-state index >= 15 is 0 Å². The number of anilines is 1. The summed E-state index contributed by atoms with van der Waals surface area (Å²) in [6.45, 7) is 2.28. The average molecular weight is 387 g/mol. The predicted octanol–water partition coefficient (Wildman–Crippen LogP) is 3.18. The zero-order valence-electron chi connectivity index (χ0n) is 13.4. The second-order valence-electron chi connectivity index (χ2n) is 7.55. The van der Waals surface area contributed by atoms with Gasteiger partial charge < -0.3 is 5.32 Å². The summed E-state index contributed by atoms with van der Waals surface area (Å²) in [4.78, 5) is 27.2. The molecule has 0 spiro atoms. The first kappa shape index (κ1) is 14.7. The third-order valence-corrected chi connectivity index (χ3v) is 6.86. The molecule has 0 aromatic heterocycles. The highest BCUT2D eigenvalue weighted by atomic mass is 79.9. The number of nitrogens with zero attached hydrogens (tertiary/aromatic N) is 1. The van der Waals surface area contributed by atoms with Gasteiger partial charge in [-0.2, -0.15) is 0 Å². The Kier molecular flexibility index (Phi) is 3.03. The molecule has 5 heteroatoms. The monoisotopic (exact) mass is 386 g/mol. The second kappa shape index (κ2) is 4.94. The number of carbonyl (C=O) groups excluding carboxylic acids is 2. The third kappa shape index (κ3) is 1.91. The molecule has 124 valence electrons. The van der Waals surface area contributed by atoms with Gasteiger partial charge in [-0.1, -0.05) is 28.1 Å². The van der Waals surface area contributed by atoms with E-state index in [-0.39, 0.29) is 30.3 Å². The Morgan fingerprint density at radius 2 is 1.75 bits per heavy atom. The van der Waals surface area contributed by atoms with Crippen LogP contribution in [0.1, 0.15) is 12.0 Å². The van der Waals surface area contributed by atoms with E-state index in [0.717, 1.165) is 15.7 Å². The van der Waals surface area contributed by atoms with Crippen LogP contribution in [0.25, 0.3) is 0 Å². The van der Waals surface area contributed by atoms with Crippen molar-refractivity contribution >= 4 is 33.4 Å². The summed E-state index contributed by atoms with van der Waals surface area (Å²) in [7, 11) is 0. The van der Waals surface area contributed by atoms with Crippen molar-refractivity contribution in [3.05, 3.63) is 40.4 Å². The number of hydrogen-bond donors (Lipinski definition) is 1. The fraction of sp³-hybridized carbons (Fsp3) is 0.474. The van der Waals surface area contributed by atoms with Gasteiger partial charge in [0.15, 0.2) is 0 Å². The molecule has 2 amide bonds. The third-order valence-electron chi connectivity index (χ3n) is 6.37. The van der Waals surface area contributed by atoms with Gasteiger partial charge in [0, 0.05) is 10.2 Å². The van der Waals surface area contributed by atoms with E-state index in [0.29, 0.717) is 23.7 Å². The molecule has 24 heavy (non-hydrogen) atoms. The van der Waals surface area contributed by atoms with Crippen LogP contribution in [0.5, 0.6) is 0 Å². The lowest BCUT2D eigenvalue weighted by Gasteiger charge is -2.37. The van der Waals surface area contributed by atoms with Gasteiger partial charge in [-0.3, -0.25) is 14.5 Å². The summed E-state index contributed by atoms with van der Waals surface area (Å²) >= 11 is 3.45. The molecule has 4 nitrogen and oxygen atoms in total. The zero-order chi connectivity index (χ0) is 16.6. The largest absolute Gasteiger partial charge is 0.367 e. The number of aryl methyl sites for hydroxylation is 1. The highest BCUT2D eigenvalue weighted by molar-refractivity contribution is 9.10. The maximum atomic E-state index is 12.9. The van der Waals surface area contributed by atoms with E-state index in [1.54, 1.807) is 0 Å². The molecule has 1 N–H and O–H groups in total. The predicted molar refractivity (Wildman–Crippen MR) is 93.9 cm³/mol. The summed E-state index contributed by atoms with van der Waals surface area (Å²) in [5.74, 6) is 1.73. The molecule has 0 radical (unpaired) electrons. The Balaban J connectivity index is 1.37. The van der Waals surface area contributed by atoms with E-state index in [1.807, 2.05) is 25.1 Å². The number of benzene rings is 1. The molecular formula is C19H19BrN2O2. The minimum atomic E-state index is -0.107. The SMILES string of the molecule is Cc1cc(Br)ccc1NCN1C(=O)[C@@H]2[C@H]3C=C[C@@H]([C@@H]4C[C@@H]34)[C@@H]2C1=O. The fourth-order valence-electron chi connectivity index (χ4n) is 5.16. The summed E-state index contributed by atoms with van der Waals surface area (Å²) in [5, 5.41) is 3.27. The number of nitrogens with one attached hydrogen (secondary N) is 1. The minimum Gasteiger partial charge on any atom is -0.367 e. The topological polar surface area (TPSA) is 49.4 Å². The zero-order valence-corrected chi connectivity index (χ0v) is 15.0. The van der Waals surface area contributed by atoms with Crippen LogP contribution >= 0.6 is 15.9 Å². The number of rotatable bonds is 3. The Labute approximate surface area is 149 Å². The normalized spacial score (nSPS) is 38.3. The molecule has 2 saturated carbocycles. The van der Waals surface area contributed by atoms with Crippen LogP contribution in [0.3, 0.4) is 0 Å². The molecule has 0 unspecified atom stereocenters. The first-order valence-corrected chi connectivity index (χ1v) is 9.39. The molecule has 5 aliphatic rings. The lowest BCUT2D eigenvalue weighted by Crippen LogP contribution is -2.40. The van der Waals surface area contributed by atoms with E-state index in [9.17, 15) is 9.59 Å². The van der Waals surface area contributed by atoms with Crippen molar-refractivity contribution in [1.29, 1.82) is 0 Å². The van der Waals surface area contributed by atoms with Crippen molar-refractivity contribution in [2.24, 2.45) is 35.5 Å². The summed E-state index contributed by atoms with van der Waals surface area (Å²) in [6, 6.07) is 5.95. The van der Waals surface area contributed by atoms with Gasteiger partial charge in [0.25, 0.3) is 0 Å². The molecule has 3 fully saturated rings. The first-order valence-electron chi connectivity index (χ1n) is 8.60. The van der Waals surface area contributed by atoms with E-state index in [2.05, 4.69) is 33.4 Å². The number of amides is 2. The Hall–Kier alpha value is -1.62. The highest BCUT2D eigenvalue weighted by Crippen LogP contribution is 2.65. The standard InChI is InChI=1S/C19H19BrN2O2/c1-9-6-10(20)2-5-15(9)21-8-22-18(23)16-11-3-4-12(14-7-13(11)14)17(16)19(22)24/h2-6,11-14,16-17,21H,7-8H2,1H3/t11-,12-,13-,14-,16-,17+/m0/s1. The van der Waals surface area contributed by atoms with Gasteiger partial charge in [-0.25, -0.2) is 0 Å². The summed E-state index contributed by atoms with van der Waals surface area (Å²) < 4.78 is 1.02. The van der Waals surface area contributed by atoms with Gasteiger partial charge in [-0.15, -0.1) is 0 Å². The van der Waals surface area contributed by atoms with E-state index in [1.165, 1.54) is 11.3 Å². The molecule has 4 aliphatic carbocycles. The van der Waals surface area contributed by atoms with Crippen molar-refractivity contribution in [1.82, 2.24) is 4.90 Å². The lowest BCUT2D eigenvalue weighted by molar-refractivity contribution is -0.139. The van der Waals surface area contributed by atoms with Crippen LogP contribution in [0, 0.1) is 42.4 Å². The smallest absolute Gasteiger partial charge is 0.235 e. The molecule has 1 saturated heterocycles. The lowest BCUT2D eigenvalue weighted by atomic mass is 9.63. The number of allylic oxidation sites excluding steroid dienone is 2. The Bertz CT molecular complexity index is 754. The van der Waals surface area contributed by atoms with E-state index in [4.69, 9.17) is 0 Å². The number of likely N-dealkylation sites (tertiary alicyclic amines) is 1. The van der Waals surface area contributed by atoms with E-state index < -0.39 is 0 Å².